The number of rotatable bonds is 6. The first-order chi connectivity index (χ1) is 11.9. The number of nitrogens with zero attached hydrogens (tertiary/aromatic N) is 1. The first kappa shape index (κ1) is 18.5. The fourth-order valence-corrected chi connectivity index (χ4v) is 2.45. The molecule has 0 aromatic heterocycles. The van der Waals surface area contributed by atoms with Gasteiger partial charge < -0.3 is 14.4 Å². The normalized spacial score (nSPS) is 11.5. The van der Waals surface area contributed by atoms with Gasteiger partial charge in [0.25, 0.3) is 5.91 Å². The molecule has 0 saturated carbocycles. The summed E-state index contributed by atoms with van der Waals surface area (Å²) in [5.74, 6) is -0.229. The highest BCUT2D eigenvalue weighted by atomic mass is 16.6. The van der Waals surface area contributed by atoms with Gasteiger partial charge in [0, 0.05) is 19.7 Å². The van der Waals surface area contributed by atoms with E-state index in [1.54, 1.807) is 38.4 Å². The van der Waals surface area contributed by atoms with Gasteiger partial charge in [-0.15, -0.1) is 0 Å². The molecule has 0 aliphatic heterocycles. The maximum atomic E-state index is 12.4. The quantitative estimate of drug-likeness (QED) is 0.758. The zero-order chi connectivity index (χ0) is 18.4. The first-order valence-electron chi connectivity index (χ1n) is 8.04. The van der Waals surface area contributed by atoms with Crippen molar-refractivity contribution in [2.45, 2.75) is 20.0 Å². The average Bonchev–Trinajstić information content (AvgIpc) is 2.59. The Hall–Kier alpha value is -2.82. The summed E-state index contributed by atoms with van der Waals surface area (Å²) in [4.78, 5) is 26.0. The van der Waals surface area contributed by atoms with Crippen LogP contribution in [0.15, 0.2) is 48.5 Å². The van der Waals surface area contributed by atoms with Gasteiger partial charge in [-0.3, -0.25) is 4.79 Å². The molecule has 0 bridgehead atoms. The molecule has 0 saturated heterocycles. The molecule has 0 heterocycles. The second-order valence-corrected chi connectivity index (χ2v) is 6.02. The number of para-hydroxylation sites is 1. The number of carbonyl (C=O) groups is 2. The molecule has 0 spiro atoms. The summed E-state index contributed by atoms with van der Waals surface area (Å²) < 4.78 is 11.0. The van der Waals surface area contributed by atoms with E-state index in [9.17, 15) is 9.59 Å². The van der Waals surface area contributed by atoms with E-state index >= 15 is 0 Å². The Bertz CT molecular complexity index is 720. The van der Waals surface area contributed by atoms with Crippen LogP contribution in [-0.2, 0) is 14.3 Å². The van der Waals surface area contributed by atoms with Crippen LogP contribution in [0, 0.1) is 13.8 Å². The van der Waals surface area contributed by atoms with Crippen LogP contribution < -0.4 is 4.74 Å². The molecule has 1 atom stereocenters. The van der Waals surface area contributed by atoms with Gasteiger partial charge in [-0.1, -0.05) is 48.5 Å². The predicted molar refractivity (Wildman–Crippen MR) is 95.4 cm³/mol. The summed E-state index contributed by atoms with van der Waals surface area (Å²) in [6.07, 6.45) is -0.981. The number of amides is 1. The van der Waals surface area contributed by atoms with Crippen LogP contribution >= 0.6 is 0 Å². The number of aryl methyl sites for hydroxylation is 2. The number of likely N-dealkylation sites (N-methyl/N-ethyl adjacent to an activating group) is 1. The van der Waals surface area contributed by atoms with Gasteiger partial charge >= 0.3 is 5.97 Å². The van der Waals surface area contributed by atoms with Crippen LogP contribution in [-0.4, -0.2) is 37.5 Å². The van der Waals surface area contributed by atoms with Crippen LogP contribution in [0.5, 0.6) is 5.75 Å². The number of ether oxygens (including phenoxy) is 2. The van der Waals surface area contributed by atoms with E-state index in [0.29, 0.717) is 11.3 Å². The van der Waals surface area contributed by atoms with E-state index in [0.717, 1.165) is 11.1 Å². The van der Waals surface area contributed by atoms with Gasteiger partial charge in [-0.05, 0) is 25.0 Å². The molecule has 0 N–H and O–H groups in total. The molecule has 1 unspecified atom stereocenters. The van der Waals surface area contributed by atoms with Crippen LogP contribution in [0.2, 0.25) is 0 Å². The van der Waals surface area contributed by atoms with Crippen molar-refractivity contribution < 1.29 is 19.1 Å². The van der Waals surface area contributed by atoms with Crippen LogP contribution in [0.1, 0.15) is 22.8 Å². The van der Waals surface area contributed by atoms with Crippen molar-refractivity contribution >= 4 is 11.9 Å². The number of hydrogen-bond donors (Lipinski definition) is 0. The summed E-state index contributed by atoms with van der Waals surface area (Å²) in [6.45, 7) is 3.57. The fourth-order valence-electron chi connectivity index (χ4n) is 2.45. The molecule has 0 aliphatic rings. The molecule has 2 rings (SSSR count). The lowest BCUT2D eigenvalue weighted by molar-refractivity contribution is -0.161. The monoisotopic (exact) mass is 341 g/mol. The highest BCUT2D eigenvalue weighted by Crippen LogP contribution is 2.23. The maximum Gasteiger partial charge on any atom is 0.345 e. The lowest BCUT2D eigenvalue weighted by Gasteiger charge is -2.21. The van der Waals surface area contributed by atoms with Crippen molar-refractivity contribution in [1.29, 1.82) is 0 Å². The topological polar surface area (TPSA) is 55.8 Å². The van der Waals surface area contributed by atoms with Crippen molar-refractivity contribution in [3.63, 3.8) is 0 Å². The largest absolute Gasteiger partial charge is 0.481 e. The molecular formula is C20H23NO4. The lowest BCUT2D eigenvalue weighted by Crippen LogP contribution is -2.32. The minimum Gasteiger partial charge on any atom is -0.481 e. The Morgan fingerprint density at radius 2 is 1.56 bits per heavy atom. The number of esters is 1. The third-order valence-corrected chi connectivity index (χ3v) is 3.76. The average molecular weight is 341 g/mol. The van der Waals surface area contributed by atoms with E-state index in [1.165, 1.54) is 4.90 Å². The van der Waals surface area contributed by atoms with Gasteiger partial charge in [0.1, 0.15) is 5.75 Å². The molecule has 0 radical (unpaired) electrons. The van der Waals surface area contributed by atoms with E-state index in [4.69, 9.17) is 9.47 Å². The zero-order valence-electron chi connectivity index (χ0n) is 15.0. The van der Waals surface area contributed by atoms with Crippen LogP contribution in [0.4, 0.5) is 0 Å². The smallest absolute Gasteiger partial charge is 0.345 e. The van der Waals surface area contributed by atoms with E-state index in [-0.39, 0.29) is 12.5 Å². The number of benzene rings is 2. The molecule has 0 aliphatic carbocycles. The standard InChI is InChI=1S/C20H23NO4/c1-14-9-8-10-15(2)18(14)24-13-17(22)25-19(20(23)21(3)4)16-11-6-5-7-12-16/h5-12,19H,13H2,1-4H3. The van der Waals surface area contributed by atoms with Crippen molar-refractivity contribution in [3.05, 3.63) is 65.2 Å². The Morgan fingerprint density at radius 1 is 0.960 bits per heavy atom. The molecule has 25 heavy (non-hydrogen) atoms. The molecule has 132 valence electrons. The van der Waals surface area contributed by atoms with Crippen LogP contribution in [0.25, 0.3) is 0 Å². The Labute approximate surface area is 148 Å². The predicted octanol–water partition coefficient (Wildman–Crippen LogP) is 3.05. The summed E-state index contributed by atoms with van der Waals surface area (Å²) in [5.41, 5.74) is 2.51. The second kappa shape index (κ2) is 8.33. The molecule has 5 nitrogen and oxygen atoms in total. The molecule has 1 amide bonds. The van der Waals surface area contributed by atoms with Gasteiger partial charge in [-0.25, -0.2) is 4.79 Å². The SMILES string of the molecule is Cc1cccc(C)c1OCC(=O)OC(C(=O)N(C)C)c1ccccc1. The Balaban J connectivity index is 2.08. The third kappa shape index (κ3) is 4.83. The van der Waals surface area contributed by atoms with Gasteiger partial charge in [0.15, 0.2) is 6.61 Å². The summed E-state index contributed by atoms with van der Waals surface area (Å²) in [5, 5.41) is 0. The van der Waals surface area contributed by atoms with Crippen molar-refractivity contribution in [2.24, 2.45) is 0 Å². The van der Waals surface area contributed by atoms with Crippen molar-refractivity contribution in [1.82, 2.24) is 4.90 Å². The maximum absolute atomic E-state index is 12.4. The van der Waals surface area contributed by atoms with Gasteiger partial charge in [0.2, 0.25) is 6.10 Å². The van der Waals surface area contributed by atoms with Crippen molar-refractivity contribution in [3.8, 4) is 5.75 Å². The highest BCUT2D eigenvalue weighted by molar-refractivity contribution is 5.85. The van der Waals surface area contributed by atoms with Gasteiger partial charge in [0.05, 0.1) is 0 Å². The van der Waals surface area contributed by atoms with E-state index in [1.807, 2.05) is 38.1 Å². The van der Waals surface area contributed by atoms with Crippen molar-refractivity contribution in [2.75, 3.05) is 20.7 Å². The van der Waals surface area contributed by atoms with Crippen LogP contribution in [0.3, 0.4) is 0 Å². The molecule has 0 fully saturated rings. The highest BCUT2D eigenvalue weighted by Gasteiger charge is 2.26. The second-order valence-electron chi connectivity index (χ2n) is 6.02. The lowest BCUT2D eigenvalue weighted by atomic mass is 10.1. The number of carbonyl (C=O) groups excluding carboxylic acids is 2. The van der Waals surface area contributed by atoms with Gasteiger partial charge in [-0.2, -0.15) is 0 Å². The molecule has 2 aromatic carbocycles. The molecule has 5 heteroatoms. The Morgan fingerprint density at radius 3 is 2.12 bits per heavy atom. The summed E-state index contributed by atoms with van der Waals surface area (Å²) >= 11 is 0. The Kier molecular flexibility index (Phi) is 6.17. The first-order valence-corrected chi connectivity index (χ1v) is 8.04. The summed E-state index contributed by atoms with van der Waals surface area (Å²) in [6, 6.07) is 14.7. The molecule has 2 aromatic rings. The fraction of sp³-hybridized carbons (Fsp3) is 0.300. The minimum atomic E-state index is -0.981. The van der Waals surface area contributed by atoms with E-state index in [2.05, 4.69) is 0 Å². The van der Waals surface area contributed by atoms with E-state index < -0.39 is 12.1 Å². The summed E-state index contributed by atoms with van der Waals surface area (Å²) in [7, 11) is 3.25. The number of hydrogen-bond acceptors (Lipinski definition) is 4. The molecular weight excluding hydrogens is 318 g/mol. The zero-order valence-corrected chi connectivity index (χ0v) is 15.0. The minimum absolute atomic E-state index is 0.254. The third-order valence-electron chi connectivity index (χ3n) is 3.76.